The summed E-state index contributed by atoms with van der Waals surface area (Å²) in [7, 11) is 1.72. The first-order valence-electron chi connectivity index (χ1n) is 7.47. The van der Waals surface area contributed by atoms with Gasteiger partial charge in [0, 0.05) is 10.0 Å². The van der Waals surface area contributed by atoms with Crippen LogP contribution in [0.15, 0.2) is 46.9 Å². The van der Waals surface area contributed by atoms with Crippen LogP contribution in [-0.4, -0.2) is 7.11 Å². The minimum Gasteiger partial charge on any atom is -0.496 e. The Balaban J connectivity index is 1.98. The molecular weight excluding hydrogens is 326 g/mol. The van der Waals surface area contributed by atoms with Crippen LogP contribution in [0.5, 0.6) is 5.75 Å². The molecule has 2 aromatic rings. The Hall–Kier alpha value is -1.32. The molecule has 0 unspecified atom stereocenters. The lowest BCUT2D eigenvalue weighted by Crippen LogP contribution is -2.76. The van der Waals surface area contributed by atoms with Crippen molar-refractivity contribution in [2.45, 2.75) is 32.7 Å². The summed E-state index contributed by atoms with van der Waals surface area (Å²) in [4.78, 5) is 0. The lowest BCUT2D eigenvalue weighted by Gasteiger charge is -2.08. The summed E-state index contributed by atoms with van der Waals surface area (Å²) >= 11 is 3.52. The first-order chi connectivity index (χ1) is 10.2. The number of hydrogen-bond acceptors (Lipinski definition) is 1. The Morgan fingerprint density at radius 2 is 1.86 bits per heavy atom. The maximum absolute atomic E-state index is 5.41. The number of hydrogen-bond donors (Lipinski definition) is 1. The van der Waals surface area contributed by atoms with Gasteiger partial charge in [0.25, 0.3) is 0 Å². The maximum atomic E-state index is 5.41. The van der Waals surface area contributed by atoms with E-state index in [2.05, 4.69) is 58.5 Å². The summed E-state index contributed by atoms with van der Waals surface area (Å²) in [5.74, 6) is 0.939. The Labute approximate surface area is 135 Å². The third kappa shape index (κ3) is 4.87. The van der Waals surface area contributed by atoms with Crippen LogP contribution < -0.4 is 10.1 Å². The Kier molecular flexibility index (Phi) is 6.27. The van der Waals surface area contributed by atoms with Crippen molar-refractivity contribution >= 4 is 21.6 Å². The Bertz CT molecular complexity index is 566. The summed E-state index contributed by atoms with van der Waals surface area (Å²) in [5.41, 5.74) is 3.88. The molecule has 2 aromatic carbocycles. The highest BCUT2D eigenvalue weighted by molar-refractivity contribution is 9.10. The van der Waals surface area contributed by atoms with E-state index in [1.807, 2.05) is 12.1 Å². The van der Waals surface area contributed by atoms with E-state index in [0.717, 1.165) is 16.8 Å². The van der Waals surface area contributed by atoms with Gasteiger partial charge in [-0.1, -0.05) is 41.4 Å². The Morgan fingerprint density at radius 1 is 1.10 bits per heavy atom. The van der Waals surface area contributed by atoms with Crippen LogP contribution in [0.3, 0.4) is 0 Å². The summed E-state index contributed by atoms with van der Waals surface area (Å²) < 4.78 is 6.50. The molecule has 2 N–H and O–H groups in total. The van der Waals surface area contributed by atoms with Crippen molar-refractivity contribution in [3.05, 3.63) is 58.1 Å². The van der Waals surface area contributed by atoms with Crippen LogP contribution in [-0.2, 0) is 13.0 Å². The largest absolute Gasteiger partial charge is 0.496 e. The van der Waals surface area contributed by atoms with Crippen molar-refractivity contribution in [1.29, 1.82) is 0 Å². The molecular formula is C18H23BrNO+. The van der Waals surface area contributed by atoms with Crippen LogP contribution in [0, 0.1) is 0 Å². The van der Waals surface area contributed by atoms with Crippen LogP contribution >= 0.6 is 15.9 Å². The molecule has 0 aliphatic heterocycles. The highest BCUT2D eigenvalue weighted by Crippen LogP contribution is 2.22. The van der Waals surface area contributed by atoms with E-state index in [1.165, 1.54) is 36.1 Å². The highest BCUT2D eigenvalue weighted by Gasteiger charge is 2.06. The molecule has 0 saturated heterocycles. The van der Waals surface area contributed by atoms with Crippen LogP contribution in [0.2, 0.25) is 0 Å². The molecule has 0 aliphatic rings. The zero-order chi connectivity index (χ0) is 15.1. The average molecular weight is 349 g/mol. The number of aryl methyl sites for hydroxylation is 1. The molecule has 0 spiro atoms. The van der Waals surface area contributed by atoms with Crippen molar-refractivity contribution in [2.24, 2.45) is 0 Å². The molecule has 0 aliphatic carbocycles. The van der Waals surface area contributed by atoms with E-state index < -0.39 is 0 Å². The monoisotopic (exact) mass is 348 g/mol. The van der Waals surface area contributed by atoms with Crippen molar-refractivity contribution in [3.63, 3.8) is 0 Å². The second kappa shape index (κ2) is 8.20. The number of quaternary nitrogens is 1. The second-order valence-electron chi connectivity index (χ2n) is 5.21. The number of methoxy groups -OCH3 is 1. The number of unbranched alkanes of at least 4 members (excludes halogenated alkanes) is 1. The fourth-order valence-electron chi connectivity index (χ4n) is 2.34. The molecule has 2 rings (SSSR count). The smallest absolute Gasteiger partial charge is 0.129 e. The topological polar surface area (TPSA) is 25.8 Å². The Morgan fingerprint density at radius 3 is 2.52 bits per heavy atom. The van der Waals surface area contributed by atoms with Gasteiger partial charge in [0.05, 0.1) is 7.11 Å². The maximum Gasteiger partial charge on any atom is 0.129 e. The van der Waals surface area contributed by atoms with Gasteiger partial charge < -0.3 is 10.1 Å². The number of nitrogens with two attached hydrogens (primary N) is 1. The predicted molar refractivity (Wildman–Crippen MR) is 91.0 cm³/mol. The molecule has 0 heterocycles. The first-order valence-corrected chi connectivity index (χ1v) is 8.26. The average Bonchev–Trinajstić information content (AvgIpc) is 2.52. The van der Waals surface area contributed by atoms with Gasteiger partial charge in [-0.15, -0.1) is 0 Å². The predicted octanol–water partition coefficient (Wildman–Crippen LogP) is 4.20. The fraction of sp³-hybridized carbons (Fsp3) is 0.333. The first kappa shape index (κ1) is 16.1. The normalized spacial score (nSPS) is 10.6. The van der Waals surface area contributed by atoms with Gasteiger partial charge in [0.15, 0.2) is 0 Å². The third-order valence-corrected chi connectivity index (χ3v) is 4.09. The summed E-state index contributed by atoms with van der Waals surface area (Å²) in [6.07, 6.45) is 3.69. The van der Waals surface area contributed by atoms with Crippen molar-refractivity contribution in [1.82, 2.24) is 0 Å². The number of halogens is 1. The summed E-state index contributed by atoms with van der Waals surface area (Å²) in [6.45, 7) is 3.10. The van der Waals surface area contributed by atoms with Crippen molar-refractivity contribution in [3.8, 4) is 5.75 Å². The third-order valence-electron chi connectivity index (χ3n) is 3.60. The van der Waals surface area contributed by atoms with Crippen molar-refractivity contribution < 1.29 is 10.1 Å². The molecule has 2 nitrogen and oxygen atoms in total. The van der Waals surface area contributed by atoms with Crippen LogP contribution in [0.1, 0.15) is 30.9 Å². The summed E-state index contributed by atoms with van der Waals surface area (Å²) in [5, 5.41) is 2.24. The minimum absolute atomic E-state index is 0.872. The zero-order valence-electron chi connectivity index (χ0n) is 12.7. The lowest BCUT2D eigenvalue weighted by molar-refractivity contribution is -0.588. The molecule has 0 atom stereocenters. The van der Waals surface area contributed by atoms with Gasteiger partial charge in [0.1, 0.15) is 18.0 Å². The molecule has 3 heteroatoms. The summed E-state index contributed by atoms with van der Waals surface area (Å²) in [6, 6.07) is 15.0. The highest BCUT2D eigenvalue weighted by atomic mass is 79.9. The van der Waals surface area contributed by atoms with Gasteiger partial charge in [-0.25, -0.2) is 0 Å². The quantitative estimate of drug-likeness (QED) is 0.745. The van der Waals surface area contributed by atoms with Gasteiger partial charge in [0.2, 0.25) is 0 Å². The number of ether oxygens (including phenoxy) is 1. The zero-order valence-corrected chi connectivity index (χ0v) is 14.3. The molecule has 21 heavy (non-hydrogen) atoms. The van der Waals surface area contributed by atoms with Gasteiger partial charge >= 0.3 is 0 Å². The van der Waals surface area contributed by atoms with E-state index in [0.29, 0.717) is 0 Å². The van der Waals surface area contributed by atoms with E-state index >= 15 is 0 Å². The minimum atomic E-state index is 0.872. The molecule has 0 aromatic heterocycles. The van der Waals surface area contributed by atoms with E-state index in [-0.39, 0.29) is 0 Å². The lowest BCUT2D eigenvalue weighted by atomic mass is 10.1. The second-order valence-corrected chi connectivity index (χ2v) is 6.13. The number of benzene rings is 2. The molecule has 0 bridgehead atoms. The van der Waals surface area contributed by atoms with Gasteiger partial charge in [-0.2, -0.15) is 0 Å². The van der Waals surface area contributed by atoms with Crippen LogP contribution in [0.25, 0.3) is 0 Å². The molecule has 0 fully saturated rings. The van der Waals surface area contributed by atoms with E-state index in [4.69, 9.17) is 4.74 Å². The van der Waals surface area contributed by atoms with E-state index in [1.54, 1.807) is 7.11 Å². The van der Waals surface area contributed by atoms with Gasteiger partial charge in [-0.3, -0.25) is 0 Å². The van der Waals surface area contributed by atoms with Crippen LogP contribution in [0.4, 0.5) is 5.69 Å². The molecule has 0 amide bonds. The fourth-order valence-corrected chi connectivity index (χ4v) is 2.74. The molecule has 0 radical (unpaired) electrons. The standard InChI is InChI=1S/C18H22BrNO/c1-3-4-5-14-6-9-17(10-7-14)20-13-15-12-16(19)8-11-18(15)21-2/h6-12,20H,3-5,13H2,1-2H3/p+1. The number of rotatable bonds is 7. The molecule has 112 valence electrons. The molecule has 0 saturated carbocycles. The van der Waals surface area contributed by atoms with E-state index in [9.17, 15) is 0 Å². The van der Waals surface area contributed by atoms with Gasteiger partial charge in [-0.05, 0) is 48.7 Å². The van der Waals surface area contributed by atoms with Crippen molar-refractivity contribution in [2.75, 3.05) is 7.11 Å². The SMILES string of the molecule is CCCCc1ccc([NH2+]Cc2cc(Br)ccc2OC)cc1.